The number of rotatable bonds is 3. The second-order valence-corrected chi connectivity index (χ2v) is 6.15. The van der Waals surface area contributed by atoms with E-state index in [0.717, 1.165) is 42.5 Å². The van der Waals surface area contributed by atoms with Crippen LogP contribution in [0.4, 0.5) is 0 Å². The van der Waals surface area contributed by atoms with Crippen molar-refractivity contribution in [2.75, 3.05) is 26.2 Å². The quantitative estimate of drug-likeness (QED) is 0.879. The van der Waals surface area contributed by atoms with Crippen molar-refractivity contribution in [2.45, 2.75) is 19.4 Å². The van der Waals surface area contributed by atoms with Gasteiger partial charge in [-0.05, 0) is 24.6 Å². The number of Topliss-reactive ketones (excluding diaryl/α,β-unsaturated/α-hetero) is 1. The molecule has 1 N–H and O–H groups in total. The lowest BCUT2D eigenvalue weighted by molar-refractivity contribution is 0.0604. The number of carbonyl (C=O) groups is 1. The lowest BCUT2D eigenvalue weighted by atomic mass is 9.88. The van der Waals surface area contributed by atoms with E-state index in [1.54, 1.807) is 0 Å². The Hall–Kier alpha value is -1.71. The van der Waals surface area contributed by atoms with Gasteiger partial charge in [0.15, 0.2) is 5.78 Å². The predicted molar refractivity (Wildman–Crippen MR) is 86.8 cm³/mol. The molecule has 1 aliphatic rings. The second-order valence-electron chi connectivity index (χ2n) is 6.15. The molecule has 3 nitrogen and oxygen atoms in total. The Morgan fingerprint density at radius 3 is 2.48 bits per heavy atom. The molecule has 1 fully saturated rings. The molecule has 110 valence electrons. The zero-order valence-electron chi connectivity index (χ0n) is 12.7. The first-order valence-electron chi connectivity index (χ1n) is 7.59. The summed E-state index contributed by atoms with van der Waals surface area (Å²) < 4.78 is 0. The van der Waals surface area contributed by atoms with E-state index in [1.807, 2.05) is 44.2 Å². The van der Waals surface area contributed by atoms with Crippen LogP contribution in [0, 0.1) is 0 Å². The lowest BCUT2D eigenvalue weighted by Crippen LogP contribution is -2.57. The van der Waals surface area contributed by atoms with Gasteiger partial charge < -0.3 is 5.32 Å². The number of benzene rings is 2. The van der Waals surface area contributed by atoms with E-state index < -0.39 is 5.54 Å². The van der Waals surface area contributed by atoms with Crippen molar-refractivity contribution in [3.05, 3.63) is 48.0 Å². The minimum absolute atomic E-state index is 0.209. The zero-order chi connectivity index (χ0) is 14.9. The second kappa shape index (κ2) is 5.58. The van der Waals surface area contributed by atoms with Gasteiger partial charge in [0, 0.05) is 31.7 Å². The molecule has 3 rings (SSSR count). The Morgan fingerprint density at radius 1 is 1.05 bits per heavy atom. The molecular weight excluding hydrogens is 260 g/mol. The number of nitrogens with zero attached hydrogens (tertiary/aromatic N) is 1. The van der Waals surface area contributed by atoms with Crippen LogP contribution in [0.5, 0.6) is 0 Å². The van der Waals surface area contributed by atoms with Gasteiger partial charge >= 0.3 is 0 Å². The topological polar surface area (TPSA) is 32.3 Å². The third-order valence-electron chi connectivity index (χ3n) is 4.50. The van der Waals surface area contributed by atoms with E-state index in [-0.39, 0.29) is 5.78 Å². The summed E-state index contributed by atoms with van der Waals surface area (Å²) in [7, 11) is 0. The first-order valence-corrected chi connectivity index (χ1v) is 7.59. The van der Waals surface area contributed by atoms with Crippen LogP contribution in [0.1, 0.15) is 24.2 Å². The van der Waals surface area contributed by atoms with Gasteiger partial charge in [-0.15, -0.1) is 0 Å². The number of hydrogen-bond acceptors (Lipinski definition) is 3. The van der Waals surface area contributed by atoms with Crippen LogP contribution >= 0.6 is 0 Å². The lowest BCUT2D eigenvalue weighted by Gasteiger charge is -2.40. The third kappa shape index (κ3) is 2.59. The molecule has 0 aromatic heterocycles. The molecule has 1 heterocycles. The van der Waals surface area contributed by atoms with Gasteiger partial charge in [0.25, 0.3) is 0 Å². The van der Waals surface area contributed by atoms with Gasteiger partial charge in [0.1, 0.15) is 0 Å². The number of carbonyl (C=O) groups excluding carboxylic acids is 1. The Balaban J connectivity index is 1.99. The molecule has 0 atom stereocenters. The Labute approximate surface area is 125 Å². The average molecular weight is 282 g/mol. The average Bonchev–Trinajstić information content (AvgIpc) is 2.54. The number of ketones is 1. The summed E-state index contributed by atoms with van der Waals surface area (Å²) in [5, 5.41) is 5.52. The molecule has 2 aromatic carbocycles. The third-order valence-corrected chi connectivity index (χ3v) is 4.50. The first-order chi connectivity index (χ1) is 10.1. The molecule has 1 saturated heterocycles. The molecule has 0 aliphatic carbocycles. The summed E-state index contributed by atoms with van der Waals surface area (Å²) in [4.78, 5) is 15.4. The highest BCUT2D eigenvalue weighted by molar-refractivity contribution is 6.12. The maximum absolute atomic E-state index is 13.1. The van der Waals surface area contributed by atoms with Gasteiger partial charge in [-0.2, -0.15) is 0 Å². The fourth-order valence-corrected chi connectivity index (χ4v) is 3.12. The van der Waals surface area contributed by atoms with Crippen molar-refractivity contribution in [3.63, 3.8) is 0 Å². The maximum atomic E-state index is 13.1. The van der Waals surface area contributed by atoms with Crippen LogP contribution in [-0.2, 0) is 0 Å². The van der Waals surface area contributed by atoms with E-state index in [2.05, 4.69) is 22.3 Å². The molecule has 0 radical (unpaired) electrons. The highest BCUT2D eigenvalue weighted by Gasteiger charge is 2.36. The molecule has 0 unspecified atom stereocenters. The van der Waals surface area contributed by atoms with Crippen molar-refractivity contribution in [1.82, 2.24) is 10.2 Å². The minimum atomic E-state index is -0.466. The molecule has 3 heteroatoms. The summed E-state index contributed by atoms with van der Waals surface area (Å²) in [6, 6.07) is 14.1. The van der Waals surface area contributed by atoms with Gasteiger partial charge in [-0.25, -0.2) is 0 Å². The van der Waals surface area contributed by atoms with E-state index >= 15 is 0 Å². The first kappa shape index (κ1) is 14.2. The van der Waals surface area contributed by atoms with Crippen molar-refractivity contribution in [2.24, 2.45) is 0 Å². The summed E-state index contributed by atoms with van der Waals surface area (Å²) in [6.07, 6.45) is 0. The highest BCUT2D eigenvalue weighted by atomic mass is 16.1. The summed E-state index contributed by atoms with van der Waals surface area (Å²) >= 11 is 0. The summed E-state index contributed by atoms with van der Waals surface area (Å²) in [5.41, 5.74) is 0.364. The largest absolute Gasteiger partial charge is 0.314 e. The molecule has 0 spiro atoms. The van der Waals surface area contributed by atoms with Crippen LogP contribution in [0.15, 0.2) is 42.5 Å². The fraction of sp³-hybridized carbons (Fsp3) is 0.389. The fourth-order valence-electron chi connectivity index (χ4n) is 3.12. The van der Waals surface area contributed by atoms with Crippen molar-refractivity contribution >= 4 is 16.6 Å². The van der Waals surface area contributed by atoms with Crippen molar-refractivity contribution in [3.8, 4) is 0 Å². The number of nitrogens with one attached hydrogen (secondary N) is 1. The number of hydrogen-bond donors (Lipinski definition) is 1. The number of piperazine rings is 1. The smallest absolute Gasteiger partial charge is 0.183 e. The molecule has 2 aromatic rings. The molecule has 0 amide bonds. The Kier molecular flexibility index (Phi) is 3.79. The highest BCUT2D eigenvalue weighted by Crippen LogP contribution is 2.26. The molecular formula is C18H22N2O. The zero-order valence-corrected chi connectivity index (χ0v) is 12.7. The van der Waals surface area contributed by atoms with E-state index in [0.29, 0.717) is 0 Å². The Bertz CT molecular complexity index is 652. The van der Waals surface area contributed by atoms with E-state index in [9.17, 15) is 4.79 Å². The van der Waals surface area contributed by atoms with Gasteiger partial charge in [-0.1, -0.05) is 42.5 Å². The standard InChI is InChI=1S/C18H22N2O/c1-18(2,20-12-10-19-11-13-20)17(21)16-9-5-7-14-6-3-4-8-15(14)16/h3-9,19H,10-13H2,1-2H3. The van der Waals surface area contributed by atoms with Crippen LogP contribution in [0.2, 0.25) is 0 Å². The maximum Gasteiger partial charge on any atom is 0.183 e. The SMILES string of the molecule is CC(C)(C(=O)c1cccc2ccccc12)N1CCNCC1. The van der Waals surface area contributed by atoms with Gasteiger partial charge in [-0.3, -0.25) is 9.69 Å². The van der Waals surface area contributed by atoms with Crippen molar-refractivity contribution < 1.29 is 4.79 Å². The summed E-state index contributed by atoms with van der Waals surface area (Å²) in [6.45, 7) is 7.83. The van der Waals surface area contributed by atoms with Gasteiger partial charge in [0.05, 0.1) is 5.54 Å². The van der Waals surface area contributed by atoms with E-state index in [1.165, 1.54) is 0 Å². The summed E-state index contributed by atoms with van der Waals surface area (Å²) in [5.74, 6) is 0.209. The molecule has 0 saturated carbocycles. The van der Waals surface area contributed by atoms with Crippen LogP contribution < -0.4 is 5.32 Å². The normalized spacial score (nSPS) is 17.0. The predicted octanol–water partition coefficient (Wildman–Crippen LogP) is 2.71. The van der Waals surface area contributed by atoms with Crippen LogP contribution in [0.3, 0.4) is 0 Å². The van der Waals surface area contributed by atoms with Crippen molar-refractivity contribution in [1.29, 1.82) is 0 Å². The van der Waals surface area contributed by atoms with E-state index in [4.69, 9.17) is 0 Å². The minimum Gasteiger partial charge on any atom is -0.314 e. The monoisotopic (exact) mass is 282 g/mol. The molecule has 0 bridgehead atoms. The van der Waals surface area contributed by atoms with Crippen LogP contribution in [0.25, 0.3) is 10.8 Å². The number of fused-ring (bicyclic) bond motifs is 1. The van der Waals surface area contributed by atoms with Gasteiger partial charge in [0.2, 0.25) is 0 Å². The molecule has 21 heavy (non-hydrogen) atoms. The van der Waals surface area contributed by atoms with Crippen LogP contribution in [-0.4, -0.2) is 42.4 Å². The molecule has 1 aliphatic heterocycles. The Morgan fingerprint density at radius 2 is 1.71 bits per heavy atom.